The normalized spacial score (nSPS) is 14.2. The first kappa shape index (κ1) is 29.3. The van der Waals surface area contributed by atoms with Gasteiger partial charge >= 0.3 is 0 Å². The zero-order valence-corrected chi connectivity index (χ0v) is 24.9. The molecule has 1 aliphatic rings. The highest BCUT2D eigenvalue weighted by Crippen LogP contribution is 2.34. The summed E-state index contributed by atoms with van der Waals surface area (Å²) < 4.78 is 2.45. The minimum absolute atomic E-state index is 0.121. The molecule has 0 atom stereocenters. The molecule has 2 aromatic carbocycles. The third-order valence-electron chi connectivity index (χ3n) is 8.19. The second-order valence-corrected chi connectivity index (χ2v) is 11.9. The van der Waals surface area contributed by atoms with E-state index in [9.17, 15) is 4.79 Å². The number of fused-ring (bicyclic) bond motifs is 1. The molecule has 0 radical (unpaired) electrons. The molecular formula is C34H50N4O. The molecule has 1 amide bonds. The molecule has 4 rings (SSSR count). The number of aromatic nitrogens is 2. The van der Waals surface area contributed by atoms with E-state index in [1.807, 2.05) is 6.07 Å². The lowest BCUT2D eigenvalue weighted by atomic mass is 10.1. The van der Waals surface area contributed by atoms with Gasteiger partial charge in [-0.1, -0.05) is 77.6 Å². The first-order valence-electron chi connectivity index (χ1n) is 15.6. The molecule has 5 heteroatoms. The van der Waals surface area contributed by atoms with Gasteiger partial charge in [-0.3, -0.25) is 9.69 Å². The standard InChI is InChI=1S/C34H50N4O/c1-5-7-21-36(22-8-6-2)25-28-14-13-15-29(24-28)34(39)37(23-20-27(3)4)26-33-35-31-18-11-12-19-32(31)38(33)30-16-9-10-17-30/h11-15,18-19,24,27,30H,5-10,16-17,20-23,25-26H2,1-4H3. The van der Waals surface area contributed by atoms with Crippen LogP contribution in [0.5, 0.6) is 0 Å². The molecule has 0 aliphatic heterocycles. The third-order valence-corrected chi connectivity index (χ3v) is 8.19. The number of para-hydroxylation sites is 2. The SMILES string of the molecule is CCCCN(CCCC)Cc1cccc(C(=O)N(CCC(C)C)Cc2nc3ccccc3n2C2CCCC2)c1. The Morgan fingerprint density at radius 3 is 2.36 bits per heavy atom. The van der Waals surface area contributed by atoms with E-state index in [1.165, 1.54) is 62.4 Å². The van der Waals surface area contributed by atoms with Crippen molar-refractivity contribution < 1.29 is 4.79 Å². The molecule has 39 heavy (non-hydrogen) atoms. The lowest BCUT2D eigenvalue weighted by Gasteiger charge is -2.26. The van der Waals surface area contributed by atoms with Gasteiger partial charge < -0.3 is 9.47 Å². The third kappa shape index (κ3) is 7.94. The number of amides is 1. The number of nitrogens with zero attached hydrogens (tertiary/aromatic N) is 4. The van der Waals surface area contributed by atoms with Gasteiger partial charge in [0.2, 0.25) is 0 Å². The number of rotatable bonds is 15. The average molecular weight is 531 g/mol. The Labute approximate surface area is 236 Å². The quantitative estimate of drug-likeness (QED) is 0.199. The number of imidazole rings is 1. The zero-order valence-electron chi connectivity index (χ0n) is 24.9. The van der Waals surface area contributed by atoms with Gasteiger partial charge in [-0.25, -0.2) is 4.98 Å². The lowest BCUT2D eigenvalue weighted by Crippen LogP contribution is -2.33. The van der Waals surface area contributed by atoms with Crippen LogP contribution < -0.4 is 0 Å². The fourth-order valence-electron chi connectivity index (χ4n) is 5.89. The summed E-state index contributed by atoms with van der Waals surface area (Å²) in [7, 11) is 0. The Morgan fingerprint density at radius 2 is 1.67 bits per heavy atom. The summed E-state index contributed by atoms with van der Waals surface area (Å²) >= 11 is 0. The number of benzene rings is 2. The Hall–Kier alpha value is -2.66. The van der Waals surface area contributed by atoms with Gasteiger partial charge in [0.1, 0.15) is 5.82 Å². The van der Waals surface area contributed by atoms with Crippen molar-refractivity contribution in [3.63, 3.8) is 0 Å². The number of carbonyl (C=O) groups is 1. The summed E-state index contributed by atoms with van der Waals surface area (Å²) in [6.45, 7) is 13.4. The molecular weight excluding hydrogens is 480 g/mol. The summed E-state index contributed by atoms with van der Waals surface area (Å²) in [5, 5.41) is 0. The number of unbranched alkanes of at least 4 members (excludes halogenated alkanes) is 2. The maximum absolute atomic E-state index is 14.1. The fourth-order valence-corrected chi connectivity index (χ4v) is 5.89. The van der Waals surface area contributed by atoms with Crippen LogP contribution in [0, 0.1) is 5.92 Å². The molecule has 1 heterocycles. The monoisotopic (exact) mass is 530 g/mol. The Kier molecular flexibility index (Phi) is 11.0. The van der Waals surface area contributed by atoms with E-state index >= 15 is 0 Å². The summed E-state index contributed by atoms with van der Waals surface area (Å²) in [6, 6.07) is 17.3. The van der Waals surface area contributed by atoms with E-state index in [0.29, 0.717) is 18.5 Å². The summed E-state index contributed by atoms with van der Waals surface area (Å²) in [4.78, 5) is 23.7. The van der Waals surface area contributed by atoms with E-state index < -0.39 is 0 Å². The van der Waals surface area contributed by atoms with Crippen LogP contribution in [0.15, 0.2) is 48.5 Å². The number of hydrogen-bond donors (Lipinski definition) is 0. The van der Waals surface area contributed by atoms with Gasteiger partial charge in [-0.2, -0.15) is 0 Å². The van der Waals surface area contributed by atoms with Crippen molar-refractivity contribution in [2.75, 3.05) is 19.6 Å². The molecule has 3 aromatic rings. The maximum Gasteiger partial charge on any atom is 0.254 e. The highest BCUT2D eigenvalue weighted by atomic mass is 16.2. The first-order valence-corrected chi connectivity index (χ1v) is 15.6. The van der Waals surface area contributed by atoms with E-state index in [4.69, 9.17) is 4.98 Å². The summed E-state index contributed by atoms with van der Waals surface area (Å²) in [5.41, 5.74) is 4.27. The fraction of sp³-hybridized carbons (Fsp3) is 0.588. The number of hydrogen-bond acceptors (Lipinski definition) is 3. The molecule has 0 bridgehead atoms. The largest absolute Gasteiger partial charge is 0.331 e. The predicted molar refractivity (Wildman–Crippen MR) is 163 cm³/mol. The van der Waals surface area contributed by atoms with Crippen molar-refractivity contribution in [1.82, 2.24) is 19.4 Å². The molecule has 5 nitrogen and oxygen atoms in total. The van der Waals surface area contributed by atoms with E-state index in [2.05, 4.69) is 84.5 Å². The molecule has 0 N–H and O–H groups in total. The highest BCUT2D eigenvalue weighted by molar-refractivity contribution is 5.94. The maximum atomic E-state index is 14.1. The van der Waals surface area contributed by atoms with Crippen molar-refractivity contribution in [3.8, 4) is 0 Å². The Bertz CT molecular complexity index is 1170. The van der Waals surface area contributed by atoms with Crippen molar-refractivity contribution in [2.45, 2.75) is 105 Å². The van der Waals surface area contributed by atoms with Crippen molar-refractivity contribution >= 4 is 16.9 Å². The second kappa shape index (κ2) is 14.6. The van der Waals surface area contributed by atoms with E-state index in [0.717, 1.165) is 49.5 Å². The molecule has 0 saturated heterocycles. The molecule has 212 valence electrons. The van der Waals surface area contributed by atoms with Crippen LogP contribution in [-0.4, -0.2) is 44.9 Å². The first-order chi connectivity index (χ1) is 19.0. The van der Waals surface area contributed by atoms with Crippen LogP contribution >= 0.6 is 0 Å². The average Bonchev–Trinajstić information content (AvgIpc) is 3.59. The second-order valence-electron chi connectivity index (χ2n) is 11.9. The van der Waals surface area contributed by atoms with Gasteiger partial charge in [-0.05, 0) is 80.9 Å². The van der Waals surface area contributed by atoms with E-state index in [-0.39, 0.29) is 5.91 Å². The zero-order chi connectivity index (χ0) is 27.6. The van der Waals surface area contributed by atoms with Crippen LogP contribution in [0.1, 0.15) is 113 Å². The summed E-state index contributed by atoms with van der Waals surface area (Å²) in [6.07, 6.45) is 10.8. The summed E-state index contributed by atoms with van der Waals surface area (Å²) in [5.74, 6) is 1.68. The predicted octanol–water partition coefficient (Wildman–Crippen LogP) is 8.24. The van der Waals surface area contributed by atoms with Gasteiger partial charge in [0.05, 0.1) is 17.6 Å². The Balaban J connectivity index is 1.59. The van der Waals surface area contributed by atoms with Gasteiger partial charge in [-0.15, -0.1) is 0 Å². The molecule has 1 aromatic heterocycles. The molecule has 0 spiro atoms. The van der Waals surface area contributed by atoms with E-state index in [1.54, 1.807) is 0 Å². The minimum Gasteiger partial charge on any atom is -0.331 e. The minimum atomic E-state index is 0.121. The van der Waals surface area contributed by atoms with Gasteiger partial charge in [0.15, 0.2) is 0 Å². The lowest BCUT2D eigenvalue weighted by molar-refractivity contribution is 0.0728. The number of carbonyl (C=O) groups excluding carboxylic acids is 1. The van der Waals surface area contributed by atoms with Gasteiger partial charge in [0.25, 0.3) is 5.91 Å². The van der Waals surface area contributed by atoms with Crippen LogP contribution in [-0.2, 0) is 13.1 Å². The molecule has 1 aliphatic carbocycles. The highest BCUT2D eigenvalue weighted by Gasteiger charge is 2.25. The van der Waals surface area contributed by atoms with Crippen LogP contribution in [0.25, 0.3) is 11.0 Å². The smallest absolute Gasteiger partial charge is 0.254 e. The molecule has 1 fully saturated rings. The van der Waals surface area contributed by atoms with Crippen LogP contribution in [0.2, 0.25) is 0 Å². The molecule has 1 saturated carbocycles. The van der Waals surface area contributed by atoms with Crippen molar-refractivity contribution in [3.05, 3.63) is 65.5 Å². The topological polar surface area (TPSA) is 41.4 Å². The van der Waals surface area contributed by atoms with Crippen LogP contribution in [0.3, 0.4) is 0 Å². The van der Waals surface area contributed by atoms with Crippen molar-refractivity contribution in [1.29, 1.82) is 0 Å². The van der Waals surface area contributed by atoms with Gasteiger partial charge in [0, 0.05) is 24.7 Å². The Morgan fingerprint density at radius 1 is 0.949 bits per heavy atom. The van der Waals surface area contributed by atoms with Crippen molar-refractivity contribution in [2.24, 2.45) is 5.92 Å². The van der Waals surface area contributed by atoms with Crippen LogP contribution in [0.4, 0.5) is 0 Å². The molecule has 0 unspecified atom stereocenters.